The normalized spacial score (nSPS) is 10.8. The van der Waals surface area contributed by atoms with Crippen LogP contribution in [0.15, 0.2) is 18.3 Å². The molecule has 2 aromatic heterocycles. The average molecular weight is 289 g/mol. The Bertz CT molecular complexity index is 599. The van der Waals surface area contributed by atoms with Crippen LogP contribution in [0.1, 0.15) is 29.9 Å². The van der Waals surface area contributed by atoms with Gasteiger partial charge in [0.15, 0.2) is 0 Å². The summed E-state index contributed by atoms with van der Waals surface area (Å²) < 4.78 is 3.78. The van der Waals surface area contributed by atoms with Gasteiger partial charge in [-0.25, -0.2) is 0 Å². The summed E-state index contributed by atoms with van der Waals surface area (Å²) in [6.45, 7) is 8.10. The molecule has 2 aromatic rings. The molecule has 6 nitrogen and oxygen atoms in total. The predicted molar refractivity (Wildman–Crippen MR) is 80.9 cm³/mol. The van der Waals surface area contributed by atoms with Crippen LogP contribution in [0.2, 0.25) is 0 Å². The number of nitrogens with zero attached hydrogens (tertiary/aromatic N) is 4. The Labute approximate surface area is 125 Å². The molecule has 2 heterocycles. The first-order valence-electron chi connectivity index (χ1n) is 7.32. The van der Waals surface area contributed by atoms with Gasteiger partial charge in [0.25, 0.3) is 0 Å². The highest BCUT2D eigenvalue weighted by molar-refractivity contribution is 5.75. The van der Waals surface area contributed by atoms with Gasteiger partial charge in [-0.3, -0.25) is 14.2 Å². The van der Waals surface area contributed by atoms with Gasteiger partial charge >= 0.3 is 0 Å². The molecule has 0 atom stereocenters. The molecule has 0 aromatic carbocycles. The summed E-state index contributed by atoms with van der Waals surface area (Å²) in [5.74, 6) is 0.0662. The molecule has 21 heavy (non-hydrogen) atoms. The second-order valence-corrected chi connectivity index (χ2v) is 5.32. The Kier molecular flexibility index (Phi) is 5.14. The van der Waals surface area contributed by atoms with Gasteiger partial charge in [-0.15, -0.1) is 0 Å². The third-order valence-corrected chi connectivity index (χ3v) is 3.31. The molecule has 114 valence electrons. The molecule has 0 spiro atoms. The van der Waals surface area contributed by atoms with Crippen LogP contribution in [0.3, 0.4) is 0 Å². The fraction of sp³-hybridized carbons (Fsp3) is 0.533. The Morgan fingerprint density at radius 3 is 2.62 bits per heavy atom. The van der Waals surface area contributed by atoms with E-state index >= 15 is 0 Å². The number of carbonyl (C=O) groups is 1. The zero-order valence-corrected chi connectivity index (χ0v) is 13.0. The lowest BCUT2D eigenvalue weighted by molar-refractivity contribution is -0.121. The average Bonchev–Trinajstić information content (AvgIpc) is 2.98. The maximum atomic E-state index is 11.7. The van der Waals surface area contributed by atoms with Gasteiger partial charge in [-0.05, 0) is 39.3 Å². The number of amides is 1. The van der Waals surface area contributed by atoms with E-state index in [1.165, 1.54) is 0 Å². The molecule has 0 aliphatic heterocycles. The predicted octanol–water partition coefficient (Wildman–Crippen LogP) is 1.60. The summed E-state index contributed by atoms with van der Waals surface area (Å²) in [4.78, 5) is 11.7. The topological polar surface area (TPSA) is 64.7 Å². The van der Waals surface area contributed by atoms with Gasteiger partial charge < -0.3 is 5.32 Å². The lowest BCUT2D eigenvalue weighted by Crippen LogP contribution is -2.26. The number of aryl methyl sites for hydroxylation is 5. The molecule has 1 amide bonds. The van der Waals surface area contributed by atoms with Crippen molar-refractivity contribution in [1.29, 1.82) is 0 Å². The number of hydrogen-bond donors (Lipinski definition) is 1. The third-order valence-electron chi connectivity index (χ3n) is 3.31. The molecule has 2 rings (SSSR count). The van der Waals surface area contributed by atoms with E-state index in [-0.39, 0.29) is 5.91 Å². The quantitative estimate of drug-likeness (QED) is 0.787. The van der Waals surface area contributed by atoms with Gasteiger partial charge in [0, 0.05) is 37.9 Å². The monoisotopic (exact) mass is 289 g/mol. The van der Waals surface area contributed by atoms with Crippen LogP contribution in [0.25, 0.3) is 0 Å². The minimum Gasteiger partial charge on any atom is -0.356 e. The third kappa shape index (κ3) is 4.73. The van der Waals surface area contributed by atoms with Crippen molar-refractivity contribution < 1.29 is 4.79 Å². The SMILES string of the molecule is Cc1ccn(CCC(=O)NCCCn2nc(C)cc2C)n1. The van der Waals surface area contributed by atoms with Crippen molar-refractivity contribution in [1.82, 2.24) is 24.9 Å². The fourth-order valence-corrected chi connectivity index (χ4v) is 2.25. The Morgan fingerprint density at radius 2 is 2.00 bits per heavy atom. The lowest BCUT2D eigenvalue weighted by atomic mass is 10.3. The first-order chi connectivity index (χ1) is 10.0. The second-order valence-electron chi connectivity index (χ2n) is 5.32. The van der Waals surface area contributed by atoms with Crippen molar-refractivity contribution in [2.24, 2.45) is 0 Å². The molecule has 0 saturated heterocycles. The van der Waals surface area contributed by atoms with Crippen molar-refractivity contribution in [3.8, 4) is 0 Å². The molecule has 0 aliphatic carbocycles. The summed E-state index contributed by atoms with van der Waals surface area (Å²) in [6, 6.07) is 4.00. The van der Waals surface area contributed by atoms with Crippen LogP contribution in [0.5, 0.6) is 0 Å². The van der Waals surface area contributed by atoms with E-state index in [1.807, 2.05) is 37.7 Å². The molecule has 0 bridgehead atoms. The van der Waals surface area contributed by atoms with E-state index in [2.05, 4.69) is 21.6 Å². The maximum Gasteiger partial charge on any atom is 0.221 e. The smallest absolute Gasteiger partial charge is 0.221 e. The van der Waals surface area contributed by atoms with E-state index in [0.29, 0.717) is 19.5 Å². The highest BCUT2D eigenvalue weighted by Gasteiger charge is 2.03. The van der Waals surface area contributed by atoms with Gasteiger partial charge in [-0.1, -0.05) is 0 Å². The van der Waals surface area contributed by atoms with Crippen LogP contribution in [0, 0.1) is 20.8 Å². The Hall–Kier alpha value is -2.11. The van der Waals surface area contributed by atoms with Crippen molar-refractivity contribution >= 4 is 5.91 Å². The summed E-state index contributed by atoms with van der Waals surface area (Å²) in [5.41, 5.74) is 3.17. The van der Waals surface area contributed by atoms with Crippen LogP contribution >= 0.6 is 0 Å². The van der Waals surface area contributed by atoms with E-state index in [0.717, 1.165) is 30.0 Å². The van der Waals surface area contributed by atoms with E-state index < -0.39 is 0 Å². The molecule has 0 fully saturated rings. The van der Waals surface area contributed by atoms with Crippen LogP contribution in [-0.2, 0) is 17.9 Å². The molecule has 0 unspecified atom stereocenters. The maximum absolute atomic E-state index is 11.7. The molecule has 0 saturated carbocycles. The highest BCUT2D eigenvalue weighted by Crippen LogP contribution is 2.02. The Morgan fingerprint density at radius 1 is 1.19 bits per heavy atom. The largest absolute Gasteiger partial charge is 0.356 e. The van der Waals surface area contributed by atoms with Crippen molar-refractivity contribution in [2.75, 3.05) is 6.54 Å². The zero-order chi connectivity index (χ0) is 15.2. The van der Waals surface area contributed by atoms with Gasteiger partial charge in [0.2, 0.25) is 5.91 Å². The first-order valence-corrected chi connectivity index (χ1v) is 7.32. The highest BCUT2D eigenvalue weighted by atomic mass is 16.1. The summed E-state index contributed by atoms with van der Waals surface area (Å²) in [5, 5.41) is 11.6. The minimum atomic E-state index is 0.0662. The number of hydrogen-bond acceptors (Lipinski definition) is 3. The second kappa shape index (κ2) is 7.06. The summed E-state index contributed by atoms with van der Waals surface area (Å²) in [7, 11) is 0. The Balaban J connectivity index is 1.62. The number of carbonyl (C=O) groups excluding carboxylic acids is 1. The van der Waals surface area contributed by atoms with E-state index in [4.69, 9.17) is 0 Å². The van der Waals surface area contributed by atoms with Crippen molar-refractivity contribution in [3.05, 3.63) is 35.4 Å². The van der Waals surface area contributed by atoms with Crippen LogP contribution < -0.4 is 5.32 Å². The minimum absolute atomic E-state index is 0.0662. The van der Waals surface area contributed by atoms with Gasteiger partial charge in [0.1, 0.15) is 0 Å². The molecule has 1 N–H and O–H groups in total. The summed E-state index contributed by atoms with van der Waals surface area (Å²) >= 11 is 0. The lowest BCUT2D eigenvalue weighted by Gasteiger charge is -2.07. The van der Waals surface area contributed by atoms with Gasteiger partial charge in [0.05, 0.1) is 11.4 Å². The zero-order valence-electron chi connectivity index (χ0n) is 13.0. The fourth-order valence-electron chi connectivity index (χ4n) is 2.25. The first kappa shape index (κ1) is 15.3. The number of nitrogens with one attached hydrogen (secondary N) is 1. The molecule has 6 heteroatoms. The van der Waals surface area contributed by atoms with Gasteiger partial charge in [-0.2, -0.15) is 10.2 Å². The van der Waals surface area contributed by atoms with E-state index in [1.54, 1.807) is 4.68 Å². The number of aromatic nitrogens is 4. The molecular weight excluding hydrogens is 266 g/mol. The molecular formula is C15H23N5O. The standard InChI is InChI=1S/C15H23N5O/c1-12-5-9-19(17-12)10-6-15(21)16-7-4-8-20-14(3)11-13(2)18-20/h5,9,11H,4,6-8,10H2,1-3H3,(H,16,21). The van der Waals surface area contributed by atoms with E-state index in [9.17, 15) is 4.79 Å². The number of rotatable bonds is 7. The molecule has 0 aliphatic rings. The summed E-state index contributed by atoms with van der Waals surface area (Å²) in [6.07, 6.45) is 3.24. The van der Waals surface area contributed by atoms with Crippen LogP contribution in [-0.4, -0.2) is 32.0 Å². The van der Waals surface area contributed by atoms with Crippen molar-refractivity contribution in [2.45, 2.75) is 46.7 Å². The van der Waals surface area contributed by atoms with Crippen molar-refractivity contribution in [3.63, 3.8) is 0 Å². The van der Waals surface area contributed by atoms with Crippen LogP contribution in [0.4, 0.5) is 0 Å². The molecule has 0 radical (unpaired) electrons.